The number of aryl methyl sites for hydroxylation is 2. The van der Waals surface area contributed by atoms with Crippen LogP contribution in [0.15, 0.2) is 30.6 Å². The number of fused-ring (bicyclic) bond motifs is 1. The minimum atomic E-state index is 0.0652. The number of amides is 1. The molecule has 1 fully saturated rings. The van der Waals surface area contributed by atoms with Crippen molar-refractivity contribution in [1.29, 1.82) is 0 Å². The molecule has 0 saturated carbocycles. The van der Waals surface area contributed by atoms with Crippen molar-refractivity contribution in [1.82, 2.24) is 29.4 Å². The Morgan fingerprint density at radius 3 is 3.00 bits per heavy atom. The molecule has 1 amide bonds. The molecule has 0 aliphatic carbocycles. The third-order valence-corrected chi connectivity index (χ3v) is 5.00. The minimum absolute atomic E-state index is 0.0652. The fourth-order valence-corrected chi connectivity index (χ4v) is 3.66. The van der Waals surface area contributed by atoms with Gasteiger partial charge >= 0.3 is 0 Å². The molecule has 0 radical (unpaired) electrons. The van der Waals surface area contributed by atoms with Crippen molar-refractivity contribution in [2.24, 2.45) is 0 Å². The molecule has 1 aliphatic rings. The fraction of sp³-hybridized carbons (Fsp3) is 0.444. The Morgan fingerprint density at radius 2 is 2.24 bits per heavy atom. The molecule has 0 N–H and O–H groups in total. The Bertz CT molecular complexity index is 911. The molecular formula is C18H22N6O. The van der Waals surface area contributed by atoms with Crippen LogP contribution in [0.2, 0.25) is 0 Å². The third-order valence-electron chi connectivity index (χ3n) is 5.00. The molecule has 1 atom stereocenters. The molecule has 1 aromatic carbocycles. The summed E-state index contributed by atoms with van der Waals surface area (Å²) in [6.07, 6.45) is 5.90. The van der Waals surface area contributed by atoms with Crippen LogP contribution in [0, 0.1) is 6.92 Å². The zero-order chi connectivity index (χ0) is 17.4. The van der Waals surface area contributed by atoms with Gasteiger partial charge in [-0.3, -0.25) is 4.79 Å². The van der Waals surface area contributed by atoms with E-state index in [1.165, 1.54) is 0 Å². The Hall–Kier alpha value is -2.70. The molecule has 130 valence electrons. The second-order valence-corrected chi connectivity index (χ2v) is 6.54. The number of hydrogen-bond donors (Lipinski definition) is 0. The van der Waals surface area contributed by atoms with E-state index in [0.29, 0.717) is 11.6 Å². The van der Waals surface area contributed by atoms with E-state index in [0.717, 1.165) is 49.3 Å². The van der Waals surface area contributed by atoms with Gasteiger partial charge in [0.1, 0.15) is 11.3 Å². The fourth-order valence-electron chi connectivity index (χ4n) is 3.66. The van der Waals surface area contributed by atoms with Crippen LogP contribution in [-0.4, -0.2) is 48.4 Å². The molecule has 1 saturated heterocycles. The highest BCUT2D eigenvalue weighted by atomic mass is 16.2. The van der Waals surface area contributed by atoms with Crippen molar-refractivity contribution in [3.05, 3.63) is 42.0 Å². The van der Waals surface area contributed by atoms with Gasteiger partial charge in [0.2, 0.25) is 0 Å². The van der Waals surface area contributed by atoms with Gasteiger partial charge in [-0.1, -0.05) is 5.21 Å². The number of carbonyl (C=O) groups excluding carboxylic acids is 1. The maximum atomic E-state index is 13.0. The Labute approximate surface area is 146 Å². The first-order valence-corrected chi connectivity index (χ1v) is 8.79. The maximum Gasteiger partial charge on any atom is 0.254 e. The van der Waals surface area contributed by atoms with E-state index in [1.807, 2.05) is 54.0 Å². The summed E-state index contributed by atoms with van der Waals surface area (Å²) in [6.45, 7) is 6.31. The highest BCUT2D eigenvalue weighted by Gasteiger charge is 2.26. The maximum absolute atomic E-state index is 13.0. The molecule has 7 heteroatoms. The highest BCUT2D eigenvalue weighted by molar-refractivity contribution is 5.97. The van der Waals surface area contributed by atoms with Crippen LogP contribution in [0.1, 0.15) is 42.0 Å². The lowest BCUT2D eigenvalue weighted by molar-refractivity contribution is 0.0678. The van der Waals surface area contributed by atoms with Crippen LogP contribution in [-0.2, 0) is 6.54 Å². The molecule has 0 spiro atoms. The quantitative estimate of drug-likeness (QED) is 0.735. The average molecular weight is 338 g/mol. The lowest BCUT2D eigenvalue weighted by Crippen LogP contribution is -2.40. The number of aromatic nitrogens is 5. The van der Waals surface area contributed by atoms with Crippen LogP contribution in [0.4, 0.5) is 0 Å². The van der Waals surface area contributed by atoms with Crippen LogP contribution >= 0.6 is 0 Å². The molecule has 0 unspecified atom stereocenters. The first-order valence-electron chi connectivity index (χ1n) is 8.79. The van der Waals surface area contributed by atoms with E-state index in [2.05, 4.69) is 19.9 Å². The first-order chi connectivity index (χ1) is 12.2. The third kappa shape index (κ3) is 2.79. The van der Waals surface area contributed by atoms with Gasteiger partial charge in [0, 0.05) is 37.6 Å². The molecule has 0 bridgehead atoms. The van der Waals surface area contributed by atoms with E-state index in [-0.39, 0.29) is 5.91 Å². The van der Waals surface area contributed by atoms with Gasteiger partial charge in [-0.2, -0.15) is 0 Å². The Morgan fingerprint density at radius 1 is 1.36 bits per heavy atom. The number of nitrogens with zero attached hydrogens (tertiary/aromatic N) is 6. The zero-order valence-corrected chi connectivity index (χ0v) is 14.6. The molecule has 3 aromatic rings. The van der Waals surface area contributed by atoms with Crippen LogP contribution < -0.4 is 0 Å². The van der Waals surface area contributed by atoms with Crippen molar-refractivity contribution < 1.29 is 4.79 Å². The van der Waals surface area contributed by atoms with Gasteiger partial charge < -0.3 is 9.47 Å². The number of likely N-dealkylation sites (tertiary alicyclic amines) is 1. The summed E-state index contributed by atoms with van der Waals surface area (Å²) in [5, 5.41) is 8.29. The van der Waals surface area contributed by atoms with Gasteiger partial charge in [0.25, 0.3) is 5.91 Å². The van der Waals surface area contributed by atoms with Gasteiger partial charge in [-0.25, -0.2) is 9.67 Å². The summed E-state index contributed by atoms with van der Waals surface area (Å²) in [6, 6.07) is 5.97. The van der Waals surface area contributed by atoms with Crippen molar-refractivity contribution >= 4 is 16.9 Å². The number of imidazole rings is 1. The van der Waals surface area contributed by atoms with E-state index < -0.39 is 0 Å². The number of carbonyl (C=O) groups is 1. The largest absolute Gasteiger partial charge is 0.337 e. The van der Waals surface area contributed by atoms with Gasteiger partial charge in [-0.15, -0.1) is 5.10 Å². The Kier molecular flexibility index (Phi) is 3.99. The number of rotatable bonds is 3. The van der Waals surface area contributed by atoms with Crippen molar-refractivity contribution in [2.45, 2.75) is 39.3 Å². The van der Waals surface area contributed by atoms with Gasteiger partial charge in [-0.05, 0) is 44.9 Å². The summed E-state index contributed by atoms with van der Waals surface area (Å²) < 4.78 is 4.01. The highest BCUT2D eigenvalue weighted by Crippen LogP contribution is 2.24. The lowest BCUT2D eigenvalue weighted by Gasteiger charge is -2.34. The zero-order valence-electron chi connectivity index (χ0n) is 14.6. The summed E-state index contributed by atoms with van der Waals surface area (Å²) >= 11 is 0. The summed E-state index contributed by atoms with van der Waals surface area (Å²) in [7, 11) is 0. The molecule has 3 heterocycles. The smallest absolute Gasteiger partial charge is 0.254 e. The van der Waals surface area contributed by atoms with Gasteiger partial charge in [0.15, 0.2) is 0 Å². The van der Waals surface area contributed by atoms with Crippen molar-refractivity contribution in [2.75, 3.05) is 13.1 Å². The number of hydrogen-bond acceptors (Lipinski definition) is 4. The topological polar surface area (TPSA) is 68.8 Å². The molecule has 7 nitrogen and oxygen atoms in total. The first kappa shape index (κ1) is 15.8. The lowest BCUT2D eigenvalue weighted by atomic mass is 10.0. The van der Waals surface area contributed by atoms with Crippen LogP contribution in [0.5, 0.6) is 0 Å². The van der Waals surface area contributed by atoms with E-state index in [9.17, 15) is 4.79 Å². The summed E-state index contributed by atoms with van der Waals surface area (Å²) in [4.78, 5) is 19.2. The normalized spacial score (nSPS) is 18.0. The second-order valence-electron chi connectivity index (χ2n) is 6.54. The summed E-state index contributed by atoms with van der Waals surface area (Å²) in [5.41, 5.74) is 2.41. The molecule has 2 aromatic heterocycles. The molecule has 25 heavy (non-hydrogen) atoms. The van der Waals surface area contributed by atoms with E-state index >= 15 is 0 Å². The van der Waals surface area contributed by atoms with E-state index in [4.69, 9.17) is 0 Å². The second kappa shape index (κ2) is 6.31. The molecule has 4 rings (SSSR count). The molecular weight excluding hydrogens is 316 g/mol. The number of piperidine rings is 1. The van der Waals surface area contributed by atoms with Crippen LogP contribution in [0.25, 0.3) is 11.0 Å². The van der Waals surface area contributed by atoms with Crippen LogP contribution in [0.3, 0.4) is 0 Å². The van der Waals surface area contributed by atoms with E-state index in [1.54, 1.807) is 0 Å². The van der Waals surface area contributed by atoms with Gasteiger partial charge in [0.05, 0.1) is 11.6 Å². The standard InChI is InChI=1S/C18H22N6O/c1-3-24-17-7-6-14(11-16(17)20-21-24)18(25)22-9-4-5-15(12-22)23-10-8-19-13(23)2/h6-8,10-11,15H,3-5,9,12H2,1-2H3/t15-/m0/s1. The monoisotopic (exact) mass is 338 g/mol. The summed E-state index contributed by atoms with van der Waals surface area (Å²) in [5.74, 6) is 1.06. The SMILES string of the molecule is CCn1nnc2cc(C(=O)N3CCC[C@H](n4ccnc4C)C3)ccc21. The predicted molar refractivity (Wildman–Crippen MR) is 94.3 cm³/mol. The number of benzene rings is 1. The average Bonchev–Trinajstić information content (AvgIpc) is 3.26. The predicted octanol–water partition coefficient (Wildman–Crippen LogP) is 2.43. The Balaban J connectivity index is 1.57. The van der Waals surface area contributed by atoms with Crippen molar-refractivity contribution in [3.8, 4) is 0 Å². The van der Waals surface area contributed by atoms with Crippen molar-refractivity contribution in [3.63, 3.8) is 0 Å². The minimum Gasteiger partial charge on any atom is -0.337 e. The molecule has 1 aliphatic heterocycles.